The quantitative estimate of drug-likeness (QED) is 0.793. The molecule has 1 fully saturated rings. The number of ether oxygens (including phenoxy) is 2. The molecule has 2 aliphatic heterocycles. The third-order valence-corrected chi connectivity index (χ3v) is 5.99. The summed E-state index contributed by atoms with van der Waals surface area (Å²) in [6, 6.07) is 9.28. The summed E-state index contributed by atoms with van der Waals surface area (Å²) < 4.78 is 10.7. The fourth-order valence-corrected chi connectivity index (χ4v) is 4.23. The number of piperidine rings is 1. The Balaban J connectivity index is 1.29. The van der Waals surface area contributed by atoms with Crippen LogP contribution in [0.1, 0.15) is 42.1 Å². The van der Waals surface area contributed by atoms with Crippen molar-refractivity contribution < 1.29 is 19.1 Å². The Kier molecular flexibility index (Phi) is 6.16. The Bertz CT molecular complexity index is 903. The number of amides is 2. The second-order valence-corrected chi connectivity index (χ2v) is 7.88. The Labute approximate surface area is 176 Å². The topological polar surface area (TPSA) is 80.8 Å². The standard InChI is InChI=1S/C23H27N3O4/c1-2-17-14-26(23(28)19-4-3-8-24-13-19)9-7-18(17)11-22(27)25-12-16-5-6-20-21(10-16)30-15-29-20/h3-6,8,10,13,17-18H,2,7,9,11-12,14-15H2,1H3,(H,25,27)/t17-,18-/m0/s1. The van der Waals surface area contributed by atoms with Crippen LogP contribution in [0, 0.1) is 11.8 Å². The summed E-state index contributed by atoms with van der Waals surface area (Å²) in [4.78, 5) is 31.2. The van der Waals surface area contributed by atoms with Gasteiger partial charge in [-0.05, 0) is 48.1 Å². The zero-order valence-electron chi connectivity index (χ0n) is 17.2. The van der Waals surface area contributed by atoms with Crippen molar-refractivity contribution in [3.63, 3.8) is 0 Å². The van der Waals surface area contributed by atoms with Gasteiger partial charge in [0.2, 0.25) is 12.7 Å². The lowest BCUT2D eigenvalue weighted by atomic mass is 9.81. The molecule has 158 valence electrons. The van der Waals surface area contributed by atoms with Crippen molar-refractivity contribution in [3.05, 3.63) is 53.9 Å². The smallest absolute Gasteiger partial charge is 0.255 e. The van der Waals surface area contributed by atoms with Crippen LogP contribution in [0.5, 0.6) is 11.5 Å². The number of rotatable bonds is 6. The number of nitrogens with one attached hydrogen (secondary N) is 1. The molecular formula is C23H27N3O4. The van der Waals surface area contributed by atoms with Crippen LogP contribution in [0.4, 0.5) is 0 Å². The predicted molar refractivity (Wildman–Crippen MR) is 111 cm³/mol. The highest BCUT2D eigenvalue weighted by Crippen LogP contribution is 2.33. The van der Waals surface area contributed by atoms with E-state index in [-0.39, 0.29) is 24.5 Å². The summed E-state index contributed by atoms with van der Waals surface area (Å²) in [5, 5.41) is 3.02. The molecular weight excluding hydrogens is 382 g/mol. The van der Waals surface area contributed by atoms with Crippen LogP contribution in [0.3, 0.4) is 0 Å². The summed E-state index contributed by atoms with van der Waals surface area (Å²) in [6.07, 6.45) is 5.54. The molecule has 7 nitrogen and oxygen atoms in total. The van der Waals surface area contributed by atoms with Gasteiger partial charge in [-0.1, -0.05) is 19.4 Å². The van der Waals surface area contributed by atoms with Gasteiger partial charge in [0.25, 0.3) is 5.91 Å². The summed E-state index contributed by atoms with van der Waals surface area (Å²) in [7, 11) is 0. The van der Waals surface area contributed by atoms with Gasteiger partial charge < -0.3 is 19.7 Å². The van der Waals surface area contributed by atoms with E-state index in [4.69, 9.17) is 9.47 Å². The van der Waals surface area contributed by atoms with E-state index in [1.165, 1.54) is 0 Å². The molecule has 1 aromatic carbocycles. The molecule has 1 N–H and O–H groups in total. The first-order chi connectivity index (χ1) is 14.6. The lowest BCUT2D eigenvalue weighted by molar-refractivity contribution is -0.123. The highest BCUT2D eigenvalue weighted by molar-refractivity contribution is 5.94. The number of hydrogen-bond donors (Lipinski definition) is 1. The van der Waals surface area contributed by atoms with Gasteiger partial charge in [-0.3, -0.25) is 14.6 Å². The first kappa shape index (κ1) is 20.2. The highest BCUT2D eigenvalue weighted by atomic mass is 16.7. The Morgan fingerprint density at radius 2 is 2.07 bits per heavy atom. The van der Waals surface area contributed by atoms with Crippen molar-refractivity contribution >= 4 is 11.8 Å². The van der Waals surface area contributed by atoms with Gasteiger partial charge >= 0.3 is 0 Å². The van der Waals surface area contributed by atoms with Crippen LogP contribution >= 0.6 is 0 Å². The number of carbonyl (C=O) groups is 2. The van der Waals surface area contributed by atoms with Crippen molar-refractivity contribution in [1.29, 1.82) is 0 Å². The first-order valence-electron chi connectivity index (χ1n) is 10.5. The van der Waals surface area contributed by atoms with Crippen LogP contribution in [-0.4, -0.2) is 41.6 Å². The molecule has 2 aliphatic rings. The maximum atomic E-state index is 12.7. The molecule has 1 saturated heterocycles. The molecule has 0 aliphatic carbocycles. The maximum absolute atomic E-state index is 12.7. The largest absolute Gasteiger partial charge is 0.454 e. The number of likely N-dealkylation sites (tertiary alicyclic amines) is 1. The molecule has 0 unspecified atom stereocenters. The first-order valence-corrected chi connectivity index (χ1v) is 10.5. The number of aromatic nitrogens is 1. The molecule has 30 heavy (non-hydrogen) atoms. The van der Waals surface area contributed by atoms with E-state index in [1.54, 1.807) is 24.5 Å². The van der Waals surface area contributed by atoms with E-state index < -0.39 is 0 Å². The number of hydrogen-bond acceptors (Lipinski definition) is 5. The maximum Gasteiger partial charge on any atom is 0.255 e. The molecule has 0 spiro atoms. The summed E-state index contributed by atoms with van der Waals surface area (Å²) in [5.41, 5.74) is 1.60. The number of pyridine rings is 1. The van der Waals surface area contributed by atoms with E-state index in [0.717, 1.165) is 29.9 Å². The van der Waals surface area contributed by atoms with Crippen molar-refractivity contribution in [2.24, 2.45) is 11.8 Å². The van der Waals surface area contributed by atoms with E-state index in [2.05, 4.69) is 17.2 Å². The van der Waals surface area contributed by atoms with Gasteiger partial charge in [0, 0.05) is 38.4 Å². The van der Waals surface area contributed by atoms with Crippen molar-refractivity contribution in [1.82, 2.24) is 15.2 Å². The average molecular weight is 409 g/mol. The van der Waals surface area contributed by atoms with E-state index >= 15 is 0 Å². The number of fused-ring (bicyclic) bond motifs is 1. The Hall–Kier alpha value is -3.09. The van der Waals surface area contributed by atoms with Crippen LogP contribution in [0.2, 0.25) is 0 Å². The van der Waals surface area contributed by atoms with Crippen LogP contribution in [0.25, 0.3) is 0 Å². The monoisotopic (exact) mass is 409 g/mol. The molecule has 7 heteroatoms. The van der Waals surface area contributed by atoms with Crippen LogP contribution in [-0.2, 0) is 11.3 Å². The van der Waals surface area contributed by atoms with Gasteiger partial charge in [0.05, 0.1) is 5.56 Å². The lowest BCUT2D eigenvalue weighted by Crippen LogP contribution is -2.44. The molecule has 0 bridgehead atoms. The predicted octanol–water partition coefficient (Wildman–Crippen LogP) is 3.01. The molecule has 2 aromatic rings. The van der Waals surface area contributed by atoms with Crippen molar-refractivity contribution in [2.75, 3.05) is 19.9 Å². The summed E-state index contributed by atoms with van der Waals surface area (Å²) in [6.45, 7) is 4.19. The Morgan fingerprint density at radius 3 is 2.87 bits per heavy atom. The van der Waals surface area contributed by atoms with Crippen molar-refractivity contribution in [2.45, 2.75) is 32.7 Å². The SMILES string of the molecule is CC[C@H]1CN(C(=O)c2cccnc2)CC[C@H]1CC(=O)NCc1ccc2c(c1)OCO2. The molecule has 3 heterocycles. The zero-order chi connectivity index (χ0) is 20.9. The molecule has 4 rings (SSSR count). The minimum Gasteiger partial charge on any atom is -0.454 e. The summed E-state index contributed by atoms with van der Waals surface area (Å²) >= 11 is 0. The molecule has 1 aromatic heterocycles. The van der Waals surface area contributed by atoms with Gasteiger partial charge in [-0.2, -0.15) is 0 Å². The fraction of sp³-hybridized carbons (Fsp3) is 0.435. The number of benzene rings is 1. The molecule has 0 radical (unpaired) electrons. The third-order valence-electron chi connectivity index (χ3n) is 5.99. The lowest BCUT2D eigenvalue weighted by Gasteiger charge is -2.38. The van der Waals surface area contributed by atoms with Gasteiger partial charge in [0.1, 0.15) is 0 Å². The highest BCUT2D eigenvalue weighted by Gasteiger charge is 2.32. The number of carbonyl (C=O) groups excluding carboxylic acids is 2. The van der Waals surface area contributed by atoms with Crippen LogP contribution in [0.15, 0.2) is 42.7 Å². The molecule has 2 amide bonds. The second kappa shape index (κ2) is 9.15. The summed E-state index contributed by atoms with van der Waals surface area (Å²) in [5.74, 6) is 2.12. The van der Waals surface area contributed by atoms with Gasteiger partial charge in [0.15, 0.2) is 11.5 Å². The van der Waals surface area contributed by atoms with Crippen LogP contribution < -0.4 is 14.8 Å². The van der Waals surface area contributed by atoms with Crippen molar-refractivity contribution in [3.8, 4) is 11.5 Å². The minimum absolute atomic E-state index is 0.0206. The molecule has 2 atom stereocenters. The van der Waals surface area contributed by atoms with E-state index in [0.29, 0.717) is 37.5 Å². The minimum atomic E-state index is 0.0206. The second-order valence-electron chi connectivity index (χ2n) is 7.88. The number of nitrogens with zero attached hydrogens (tertiary/aromatic N) is 2. The van der Waals surface area contributed by atoms with Gasteiger partial charge in [-0.15, -0.1) is 0 Å². The third kappa shape index (κ3) is 4.56. The molecule has 0 saturated carbocycles. The van der Waals surface area contributed by atoms with Gasteiger partial charge in [-0.25, -0.2) is 0 Å². The zero-order valence-corrected chi connectivity index (χ0v) is 17.2. The normalized spacial score (nSPS) is 20.1. The Morgan fingerprint density at radius 1 is 1.20 bits per heavy atom. The van der Waals surface area contributed by atoms with E-state index in [1.807, 2.05) is 23.1 Å². The average Bonchev–Trinajstić information content (AvgIpc) is 3.26. The fourth-order valence-electron chi connectivity index (χ4n) is 4.23. The van der Waals surface area contributed by atoms with E-state index in [9.17, 15) is 9.59 Å².